The molecule has 0 aliphatic rings. The van der Waals surface area contributed by atoms with Gasteiger partial charge in [0.1, 0.15) is 5.69 Å². The number of para-hydroxylation sites is 2. The normalized spacial score (nSPS) is 12.0. The van der Waals surface area contributed by atoms with Crippen molar-refractivity contribution in [1.82, 2.24) is 9.36 Å². The summed E-state index contributed by atoms with van der Waals surface area (Å²) in [5.74, 6) is -1.49. The maximum absolute atomic E-state index is 13.2. The maximum atomic E-state index is 13.2. The van der Waals surface area contributed by atoms with E-state index in [9.17, 15) is 22.8 Å². The SMILES string of the molecule is CCN(c1ccccc1)S(=O)(=O)c1ccc(C(=O)OC(C)C(=O)Nc2c(C)n(C)n(-c3ccccc3)c2=O)cc1. The molecular formula is C29H30N4O6S. The number of carbonyl (C=O) groups is 2. The molecule has 4 aromatic rings. The van der Waals surface area contributed by atoms with Crippen LogP contribution in [0.3, 0.4) is 0 Å². The monoisotopic (exact) mass is 562 g/mol. The molecule has 0 bridgehead atoms. The predicted octanol–water partition coefficient (Wildman–Crippen LogP) is 3.88. The van der Waals surface area contributed by atoms with Gasteiger partial charge in [0, 0.05) is 13.6 Å². The van der Waals surface area contributed by atoms with Gasteiger partial charge in [-0.1, -0.05) is 36.4 Å². The maximum Gasteiger partial charge on any atom is 0.338 e. The van der Waals surface area contributed by atoms with Gasteiger partial charge in [-0.25, -0.2) is 17.9 Å². The number of rotatable bonds is 9. The van der Waals surface area contributed by atoms with E-state index >= 15 is 0 Å². The Hall–Kier alpha value is -4.64. The smallest absolute Gasteiger partial charge is 0.338 e. The third-order valence-corrected chi connectivity index (χ3v) is 8.38. The number of sulfonamides is 1. The number of carbonyl (C=O) groups excluding carboxylic acids is 2. The fraction of sp³-hybridized carbons (Fsp3) is 0.207. The van der Waals surface area contributed by atoms with Crippen molar-refractivity contribution in [2.45, 2.75) is 31.8 Å². The van der Waals surface area contributed by atoms with Crippen LogP contribution in [0.25, 0.3) is 5.69 Å². The molecule has 208 valence electrons. The number of ether oxygens (including phenoxy) is 1. The second-order valence-electron chi connectivity index (χ2n) is 9.00. The van der Waals surface area contributed by atoms with Gasteiger partial charge in [0.05, 0.1) is 27.5 Å². The number of nitrogens with zero attached hydrogens (tertiary/aromatic N) is 3. The molecule has 10 nitrogen and oxygen atoms in total. The van der Waals surface area contributed by atoms with Gasteiger partial charge < -0.3 is 10.1 Å². The number of hydrogen-bond acceptors (Lipinski definition) is 6. The largest absolute Gasteiger partial charge is 0.449 e. The highest BCUT2D eigenvalue weighted by Gasteiger charge is 2.26. The molecule has 0 saturated heterocycles. The molecule has 4 rings (SSSR count). The quantitative estimate of drug-likeness (QED) is 0.309. The van der Waals surface area contributed by atoms with Crippen LogP contribution in [0.5, 0.6) is 0 Å². The zero-order valence-electron chi connectivity index (χ0n) is 22.6. The molecule has 40 heavy (non-hydrogen) atoms. The van der Waals surface area contributed by atoms with Crippen molar-refractivity contribution in [3.8, 4) is 5.69 Å². The lowest BCUT2D eigenvalue weighted by atomic mass is 10.2. The lowest BCUT2D eigenvalue weighted by molar-refractivity contribution is -0.123. The van der Waals surface area contributed by atoms with Crippen LogP contribution in [-0.4, -0.2) is 42.3 Å². The van der Waals surface area contributed by atoms with Crippen molar-refractivity contribution >= 4 is 33.3 Å². The predicted molar refractivity (Wildman–Crippen MR) is 152 cm³/mol. The topological polar surface area (TPSA) is 120 Å². The van der Waals surface area contributed by atoms with Crippen LogP contribution in [0.1, 0.15) is 29.9 Å². The van der Waals surface area contributed by atoms with Gasteiger partial charge in [0.25, 0.3) is 21.5 Å². The van der Waals surface area contributed by atoms with Gasteiger partial charge in [0.15, 0.2) is 6.10 Å². The molecule has 0 aliphatic heterocycles. The van der Waals surface area contributed by atoms with Gasteiger partial charge >= 0.3 is 5.97 Å². The number of anilines is 2. The van der Waals surface area contributed by atoms with E-state index < -0.39 is 33.6 Å². The van der Waals surface area contributed by atoms with Crippen molar-refractivity contribution in [3.63, 3.8) is 0 Å². The first-order valence-electron chi connectivity index (χ1n) is 12.6. The number of esters is 1. The Labute approximate surface area is 232 Å². The summed E-state index contributed by atoms with van der Waals surface area (Å²) in [7, 11) is -2.16. The molecule has 0 saturated carbocycles. The van der Waals surface area contributed by atoms with Gasteiger partial charge in [-0.15, -0.1) is 0 Å². The lowest BCUT2D eigenvalue weighted by Crippen LogP contribution is -2.32. The Morgan fingerprint density at radius 2 is 1.52 bits per heavy atom. The average molecular weight is 563 g/mol. The van der Waals surface area contributed by atoms with E-state index in [2.05, 4.69) is 5.32 Å². The molecule has 1 unspecified atom stereocenters. The third-order valence-electron chi connectivity index (χ3n) is 6.46. The molecule has 11 heteroatoms. The Morgan fingerprint density at radius 1 is 0.950 bits per heavy atom. The van der Waals surface area contributed by atoms with E-state index in [0.29, 0.717) is 17.1 Å². The first kappa shape index (κ1) is 28.4. The highest BCUT2D eigenvalue weighted by atomic mass is 32.2. The number of benzene rings is 3. The van der Waals surface area contributed by atoms with E-state index in [0.717, 1.165) is 0 Å². The fourth-order valence-electron chi connectivity index (χ4n) is 4.20. The third kappa shape index (κ3) is 5.55. The average Bonchev–Trinajstić information content (AvgIpc) is 3.17. The standard InChI is InChI=1S/C29H30N4O6S/c1-5-32(23-12-8-6-9-13-23)40(37,38)25-18-16-22(17-19-25)29(36)39-21(3)27(34)30-26-20(2)31(4)33(28(26)35)24-14-10-7-11-15-24/h6-19,21H,5H2,1-4H3,(H,30,34). The lowest BCUT2D eigenvalue weighted by Gasteiger charge is -2.23. The first-order valence-corrected chi connectivity index (χ1v) is 14.0. The minimum Gasteiger partial charge on any atom is -0.449 e. The second-order valence-corrected chi connectivity index (χ2v) is 10.9. The highest BCUT2D eigenvalue weighted by molar-refractivity contribution is 7.92. The van der Waals surface area contributed by atoms with Crippen LogP contribution < -0.4 is 15.2 Å². The van der Waals surface area contributed by atoms with Gasteiger partial charge in [-0.3, -0.25) is 18.6 Å². The Balaban J connectivity index is 1.46. The molecule has 3 aromatic carbocycles. The van der Waals surface area contributed by atoms with Crippen LogP contribution in [-0.2, 0) is 26.6 Å². The van der Waals surface area contributed by atoms with Gasteiger partial charge in [-0.05, 0) is 69.3 Å². The number of hydrogen-bond donors (Lipinski definition) is 1. The van der Waals surface area contributed by atoms with Crippen molar-refractivity contribution < 1.29 is 22.7 Å². The van der Waals surface area contributed by atoms with Crippen molar-refractivity contribution in [3.05, 3.63) is 107 Å². The fourth-order valence-corrected chi connectivity index (χ4v) is 5.67. The van der Waals surface area contributed by atoms with Crippen LogP contribution >= 0.6 is 0 Å². The summed E-state index contributed by atoms with van der Waals surface area (Å²) in [6.07, 6.45) is -1.23. The van der Waals surface area contributed by atoms with Crippen LogP contribution in [0.15, 0.2) is 94.6 Å². The summed E-state index contributed by atoms with van der Waals surface area (Å²) in [6.45, 7) is 5.04. The van der Waals surface area contributed by atoms with E-state index in [-0.39, 0.29) is 22.7 Å². The Kier molecular flexibility index (Phi) is 8.24. The van der Waals surface area contributed by atoms with Crippen LogP contribution in [0.2, 0.25) is 0 Å². The van der Waals surface area contributed by atoms with Gasteiger partial charge in [-0.2, -0.15) is 0 Å². The van der Waals surface area contributed by atoms with Crippen molar-refractivity contribution in [2.75, 3.05) is 16.2 Å². The highest BCUT2D eigenvalue weighted by Crippen LogP contribution is 2.24. The summed E-state index contributed by atoms with van der Waals surface area (Å²) in [5, 5.41) is 2.57. The van der Waals surface area contributed by atoms with Crippen molar-refractivity contribution in [1.29, 1.82) is 0 Å². The van der Waals surface area contributed by atoms with E-state index in [1.165, 1.54) is 40.2 Å². The molecule has 0 radical (unpaired) electrons. The molecule has 1 aromatic heterocycles. The van der Waals surface area contributed by atoms with Crippen LogP contribution in [0.4, 0.5) is 11.4 Å². The molecule has 1 N–H and O–H groups in total. The molecule has 1 amide bonds. The summed E-state index contributed by atoms with van der Waals surface area (Å²) < 4.78 is 36.0. The Bertz CT molecular complexity index is 1680. The molecule has 1 heterocycles. The zero-order valence-corrected chi connectivity index (χ0v) is 23.4. The summed E-state index contributed by atoms with van der Waals surface area (Å²) in [5.41, 5.74) is 1.41. The summed E-state index contributed by atoms with van der Waals surface area (Å²) >= 11 is 0. The first-order chi connectivity index (χ1) is 19.1. The number of nitrogens with one attached hydrogen (secondary N) is 1. The molecular weight excluding hydrogens is 532 g/mol. The molecule has 0 spiro atoms. The number of amides is 1. The zero-order chi connectivity index (χ0) is 29.0. The minimum atomic E-state index is -3.86. The molecule has 0 fully saturated rings. The Morgan fingerprint density at radius 3 is 2.10 bits per heavy atom. The van der Waals surface area contributed by atoms with Crippen molar-refractivity contribution in [2.24, 2.45) is 7.05 Å². The minimum absolute atomic E-state index is 0.00907. The second kappa shape index (κ2) is 11.6. The van der Waals surface area contributed by atoms with E-state index in [1.807, 2.05) is 6.07 Å². The summed E-state index contributed by atoms with van der Waals surface area (Å²) in [6, 6.07) is 23.0. The van der Waals surface area contributed by atoms with Gasteiger partial charge in [0.2, 0.25) is 0 Å². The van der Waals surface area contributed by atoms with Crippen LogP contribution in [0, 0.1) is 6.92 Å². The van der Waals surface area contributed by atoms with E-state index in [4.69, 9.17) is 4.74 Å². The molecule has 0 aliphatic carbocycles. The van der Waals surface area contributed by atoms with E-state index in [1.54, 1.807) is 80.2 Å². The molecule has 1 atom stereocenters. The number of aromatic nitrogens is 2. The summed E-state index contributed by atoms with van der Waals surface area (Å²) in [4.78, 5) is 38.6.